The first-order chi connectivity index (χ1) is 27.2. The van der Waals surface area contributed by atoms with Crippen LogP contribution in [-0.4, -0.2) is 97.5 Å². The third kappa shape index (κ3) is 10.1. The van der Waals surface area contributed by atoms with Gasteiger partial charge in [0.1, 0.15) is 29.2 Å². The highest BCUT2D eigenvalue weighted by Gasteiger charge is 2.61. The maximum absolute atomic E-state index is 14.6. The average molecular weight is 837 g/mol. The summed E-state index contributed by atoms with van der Waals surface area (Å²) in [7, 11) is -2.49. The van der Waals surface area contributed by atoms with Gasteiger partial charge in [0.05, 0.1) is 35.9 Å². The lowest BCUT2D eigenvalue weighted by Gasteiger charge is -2.30. The van der Waals surface area contributed by atoms with Crippen LogP contribution >= 0.6 is 0 Å². The smallest absolute Gasteiger partial charge is 0.422 e. The summed E-state index contributed by atoms with van der Waals surface area (Å²) in [5, 5.41) is 2.43. The molecule has 1 aromatic heterocycles. The highest BCUT2D eigenvalue weighted by molar-refractivity contribution is 7.90. The van der Waals surface area contributed by atoms with Gasteiger partial charge in [0, 0.05) is 29.9 Å². The lowest BCUT2D eigenvalue weighted by Crippen LogP contribution is -2.53. The molecule has 3 amide bonds. The number of carbonyl (C=O) groups is 4. The van der Waals surface area contributed by atoms with Crippen molar-refractivity contribution < 1.29 is 59.7 Å². The summed E-state index contributed by atoms with van der Waals surface area (Å²) in [6, 6.07) is 2.22. The summed E-state index contributed by atoms with van der Waals surface area (Å²) in [6.07, 6.45) is 0.938. The summed E-state index contributed by atoms with van der Waals surface area (Å²) >= 11 is 0. The van der Waals surface area contributed by atoms with E-state index in [1.54, 1.807) is 39.8 Å². The van der Waals surface area contributed by atoms with Crippen LogP contribution in [0.15, 0.2) is 30.4 Å². The van der Waals surface area contributed by atoms with Crippen LogP contribution in [-0.2, 0) is 29.1 Å². The molecule has 3 heterocycles. The summed E-state index contributed by atoms with van der Waals surface area (Å²) in [5.74, 6) is -2.14. The highest BCUT2D eigenvalue weighted by atomic mass is 32.2. The number of benzene rings is 1. The molecule has 2 aliphatic carbocycles. The molecule has 0 radical (unpaired) electrons. The van der Waals surface area contributed by atoms with Crippen molar-refractivity contribution >= 4 is 44.6 Å². The highest BCUT2D eigenvalue weighted by Crippen LogP contribution is 2.57. The van der Waals surface area contributed by atoms with Crippen molar-refractivity contribution in [2.75, 3.05) is 20.3 Å². The number of ketones is 1. The van der Waals surface area contributed by atoms with E-state index in [4.69, 9.17) is 18.9 Å². The van der Waals surface area contributed by atoms with Crippen molar-refractivity contribution in [2.45, 2.75) is 127 Å². The van der Waals surface area contributed by atoms with Crippen LogP contribution in [0.1, 0.15) is 90.5 Å². The van der Waals surface area contributed by atoms with Gasteiger partial charge in [-0.15, -0.1) is 0 Å². The fourth-order valence-corrected chi connectivity index (χ4v) is 9.11. The Morgan fingerprint density at radius 1 is 1.05 bits per heavy atom. The van der Waals surface area contributed by atoms with E-state index in [0.717, 1.165) is 6.42 Å². The minimum atomic E-state index is -4.66. The van der Waals surface area contributed by atoms with E-state index >= 15 is 0 Å². The second kappa shape index (κ2) is 16.6. The standard InChI is InChI=1S/C40H51F3N4O10S/c1-23-31(54-5)16-15-27-32(18-33(45-34(23)27)55-22-40(41,42)43)56-25-17-29-30(48)20-39(36(50)46-58(52,53)26-13-14-26)19-24(39)11-9-7-6-8-10-12-28(35(49)47(29)21-25)44-37(51)57-38(2,3)4/h9,11,15-16,18,24-26,28-29H,6-8,10,12-14,17,19-22H2,1-5H3,(H,44,51)(H,46,50)/b11-9-/t24-,25-,28+,29+,39-/m1/s1. The van der Waals surface area contributed by atoms with Gasteiger partial charge >= 0.3 is 12.3 Å². The summed E-state index contributed by atoms with van der Waals surface area (Å²) in [4.78, 5) is 61.6. The largest absolute Gasteiger partial charge is 0.496 e. The Hall–Kier alpha value is -4.61. The van der Waals surface area contributed by atoms with Crippen molar-refractivity contribution in [2.24, 2.45) is 11.3 Å². The van der Waals surface area contributed by atoms with Crippen LogP contribution in [0.2, 0.25) is 0 Å². The molecule has 2 saturated carbocycles. The number of allylic oxidation sites excluding steroid dienone is 2. The number of rotatable bonds is 9. The first-order valence-electron chi connectivity index (χ1n) is 19.6. The van der Waals surface area contributed by atoms with Crippen molar-refractivity contribution in [3.63, 3.8) is 0 Å². The molecule has 0 spiro atoms. The number of hydrogen-bond donors (Lipinski definition) is 2. The molecule has 58 heavy (non-hydrogen) atoms. The summed E-state index contributed by atoms with van der Waals surface area (Å²) in [5.41, 5.74) is -1.48. The van der Waals surface area contributed by atoms with Crippen LogP contribution in [0.5, 0.6) is 17.4 Å². The molecule has 14 nitrogen and oxygen atoms in total. The number of carbonyl (C=O) groups excluding carboxylic acids is 4. The van der Waals surface area contributed by atoms with E-state index < -0.39 is 86.9 Å². The molecule has 2 aliphatic heterocycles. The molecule has 0 bridgehead atoms. The number of alkyl halides is 3. The predicted octanol–water partition coefficient (Wildman–Crippen LogP) is 5.83. The lowest BCUT2D eigenvalue weighted by molar-refractivity contribution is -0.154. The second-order valence-electron chi connectivity index (χ2n) is 16.7. The zero-order valence-corrected chi connectivity index (χ0v) is 34.1. The van der Waals surface area contributed by atoms with E-state index in [-0.39, 0.29) is 49.4 Å². The first kappa shape index (κ1) is 43.0. The van der Waals surface area contributed by atoms with Gasteiger partial charge in [0.25, 0.3) is 0 Å². The number of aryl methyl sites for hydroxylation is 1. The number of halogens is 3. The Kier molecular flexibility index (Phi) is 12.3. The van der Waals surface area contributed by atoms with Gasteiger partial charge in [-0.25, -0.2) is 18.2 Å². The molecule has 5 atom stereocenters. The Morgan fingerprint density at radius 2 is 1.79 bits per heavy atom. The van der Waals surface area contributed by atoms with Gasteiger partial charge in [-0.3, -0.25) is 19.1 Å². The monoisotopic (exact) mass is 836 g/mol. The normalized spacial score (nSPS) is 26.4. The average Bonchev–Trinajstić information content (AvgIpc) is 4.05. The molecular weight excluding hydrogens is 786 g/mol. The fraction of sp³-hybridized carbons (Fsp3) is 0.625. The molecule has 0 unspecified atom stereocenters. The minimum absolute atomic E-state index is 0.0810. The van der Waals surface area contributed by atoms with Crippen molar-refractivity contribution in [3.05, 3.63) is 35.9 Å². The first-order valence-corrected chi connectivity index (χ1v) is 21.1. The van der Waals surface area contributed by atoms with Gasteiger partial charge in [-0.05, 0) is 84.3 Å². The van der Waals surface area contributed by atoms with Crippen LogP contribution in [0, 0.1) is 18.3 Å². The molecule has 18 heteroatoms. The van der Waals surface area contributed by atoms with Crippen molar-refractivity contribution in [3.8, 4) is 17.4 Å². The second-order valence-corrected chi connectivity index (χ2v) is 18.6. The van der Waals surface area contributed by atoms with E-state index in [1.165, 1.54) is 18.1 Å². The van der Waals surface area contributed by atoms with Crippen LogP contribution in [0.4, 0.5) is 18.0 Å². The molecule has 4 aliphatic rings. The molecule has 318 valence electrons. The molecule has 1 aromatic carbocycles. The number of hydrogen-bond acceptors (Lipinski definition) is 11. The van der Waals surface area contributed by atoms with E-state index in [1.807, 2.05) is 12.2 Å². The van der Waals surface area contributed by atoms with Crippen LogP contribution in [0.25, 0.3) is 10.9 Å². The van der Waals surface area contributed by atoms with Crippen LogP contribution in [0.3, 0.4) is 0 Å². The topological polar surface area (TPSA) is 180 Å². The Balaban J connectivity index is 1.35. The number of nitrogens with one attached hydrogen (secondary N) is 2. The number of sulfonamides is 1. The Morgan fingerprint density at radius 3 is 2.47 bits per heavy atom. The molecule has 1 saturated heterocycles. The number of alkyl carbamates (subject to hydrolysis) is 1. The van der Waals surface area contributed by atoms with Gasteiger partial charge in [0.2, 0.25) is 27.7 Å². The number of amides is 3. The molecule has 3 fully saturated rings. The van der Waals surface area contributed by atoms with Crippen molar-refractivity contribution in [1.82, 2.24) is 19.9 Å². The molecule has 2 aromatic rings. The molecular formula is C40H51F3N4O10S. The number of ether oxygens (including phenoxy) is 4. The number of aromatic nitrogens is 1. The third-order valence-corrected chi connectivity index (χ3v) is 12.8. The third-order valence-electron chi connectivity index (χ3n) is 10.9. The zero-order chi connectivity index (χ0) is 42.2. The summed E-state index contributed by atoms with van der Waals surface area (Å²) < 4.78 is 90.0. The quantitative estimate of drug-likeness (QED) is 0.291. The van der Waals surface area contributed by atoms with E-state index in [0.29, 0.717) is 48.8 Å². The SMILES string of the molecule is COc1ccc2c(O[C@@H]3C[C@H]4C(=O)C[C@]5(C(=O)NS(=O)(=O)C6CC6)C[C@H]5/C=C\CCCCC[C@H](NC(=O)OC(C)(C)C)C(=O)N4C3)cc(OCC(F)(F)F)nc2c1C. The minimum Gasteiger partial charge on any atom is -0.496 e. The summed E-state index contributed by atoms with van der Waals surface area (Å²) in [6.45, 7) is 4.94. The van der Waals surface area contributed by atoms with Crippen LogP contribution < -0.4 is 24.2 Å². The number of fused-ring (bicyclic) bond motifs is 3. The molecule has 2 N–H and O–H groups in total. The van der Waals surface area contributed by atoms with Crippen molar-refractivity contribution in [1.29, 1.82) is 0 Å². The Labute approximate surface area is 335 Å². The maximum Gasteiger partial charge on any atom is 0.422 e. The number of Topliss-reactive ketones (excluding diaryl/α,β-unsaturated/α-hetero) is 1. The van der Waals surface area contributed by atoms with Gasteiger partial charge in [-0.2, -0.15) is 13.2 Å². The predicted molar refractivity (Wildman–Crippen MR) is 205 cm³/mol. The maximum atomic E-state index is 14.6. The van der Waals surface area contributed by atoms with Gasteiger partial charge < -0.3 is 29.2 Å². The molecule has 6 rings (SSSR count). The van der Waals surface area contributed by atoms with Gasteiger partial charge in [0.15, 0.2) is 12.4 Å². The van der Waals surface area contributed by atoms with E-state index in [9.17, 15) is 40.8 Å². The Bertz CT molecular complexity index is 2070. The zero-order valence-electron chi connectivity index (χ0n) is 33.3. The number of methoxy groups -OCH3 is 1. The lowest BCUT2D eigenvalue weighted by atomic mass is 9.91. The fourth-order valence-electron chi connectivity index (χ4n) is 7.72. The van der Waals surface area contributed by atoms with E-state index in [2.05, 4.69) is 15.0 Å². The van der Waals surface area contributed by atoms with Gasteiger partial charge in [-0.1, -0.05) is 25.0 Å². The number of nitrogens with zero attached hydrogens (tertiary/aromatic N) is 2. The number of pyridine rings is 1.